The minimum atomic E-state index is -0.479. The van der Waals surface area contributed by atoms with Crippen molar-refractivity contribution in [1.82, 2.24) is 10.2 Å². The Bertz CT molecular complexity index is 739. The minimum Gasteiger partial charge on any atom is -0.455 e. The Morgan fingerprint density at radius 3 is 2.71 bits per heavy atom. The second-order valence-electron chi connectivity index (χ2n) is 5.75. The van der Waals surface area contributed by atoms with Gasteiger partial charge in [-0.1, -0.05) is 19.1 Å². The van der Waals surface area contributed by atoms with Gasteiger partial charge in [0.15, 0.2) is 6.61 Å². The molecule has 1 amide bonds. The zero-order valence-corrected chi connectivity index (χ0v) is 13.7. The summed E-state index contributed by atoms with van der Waals surface area (Å²) in [5.74, 6) is -0.315. The predicted octanol–water partition coefficient (Wildman–Crippen LogP) is 2.04. The van der Waals surface area contributed by atoms with Crippen LogP contribution in [0.15, 0.2) is 28.7 Å². The smallest absolute Gasteiger partial charge is 0.311 e. The van der Waals surface area contributed by atoms with Gasteiger partial charge in [-0.2, -0.15) is 0 Å². The van der Waals surface area contributed by atoms with Crippen LogP contribution in [0, 0.1) is 12.8 Å². The summed E-state index contributed by atoms with van der Waals surface area (Å²) in [6.45, 7) is 3.99. The average molecular weight is 329 g/mol. The molecule has 0 aliphatic carbocycles. The molecule has 7 nitrogen and oxygen atoms in total. The molecule has 0 spiro atoms. The maximum atomic E-state index is 12.2. The van der Waals surface area contributed by atoms with E-state index in [9.17, 15) is 9.59 Å². The molecule has 0 radical (unpaired) electrons. The molecule has 2 heterocycles. The number of rotatable bonds is 5. The summed E-state index contributed by atoms with van der Waals surface area (Å²) in [5, 5.41) is 7.44. The molecule has 1 saturated heterocycles. The van der Waals surface area contributed by atoms with E-state index in [1.54, 1.807) is 11.8 Å². The van der Waals surface area contributed by atoms with E-state index in [4.69, 9.17) is 9.15 Å². The molecule has 1 aromatic heterocycles. The maximum absolute atomic E-state index is 12.2. The molecule has 1 atom stereocenters. The number of aromatic nitrogens is 2. The highest BCUT2D eigenvalue weighted by atomic mass is 16.5. The number of ether oxygens (including phenoxy) is 1. The molecule has 0 N–H and O–H groups in total. The average Bonchev–Trinajstić information content (AvgIpc) is 3.18. The van der Waals surface area contributed by atoms with E-state index in [0.29, 0.717) is 12.4 Å². The van der Waals surface area contributed by atoms with Gasteiger partial charge in [-0.05, 0) is 24.1 Å². The number of carbonyl (C=O) groups excluding carboxylic acids is 2. The Labute approximate surface area is 139 Å². The Morgan fingerprint density at radius 2 is 2.08 bits per heavy atom. The summed E-state index contributed by atoms with van der Waals surface area (Å²) in [7, 11) is 0. The van der Waals surface area contributed by atoms with Gasteiger partial charge in [0.05, 0.1) is 5.92 Å². The molecule has 7 heteroatoms. The van der Waals surface area contributed by atoms with Gasteiger partial charge in [-0.3, -0.25) is 9.59 Å². The van der Waals surface area contributed by atoms with Gasteiger partial charge in [0.2, 0.25) is 11.8 Å². The van der Waals surface area contributed by atoms with E-state index >= 15 is 0 Å². The van der Waals surface area contributed by atoms with Crippen LogP contribution in [0.25, 0.3) is 0 Å². The molecule has 1 aliphatic heterocycles. The fourth-order valence-electron chi connectivity index (χ4n) is 2.67. The highest BCUT2D eigenvalue weighted by Crippen LogP contribution is 2.26. The molecule has 2 aromatic rings. The van der Waals surface area contributed by atoms with Crippen LogP contribution in [0.1, 0.15) is 30.7 Å². The van der Waals surface area contributed by atoms with E-state index in [2.05, 4.69) is 17.1 Å². The fraction of sp³-hybridized carbons (Fsp3) is 0.412. The van der Waals surface area contributed by atoms with Crippen molar-refractivity contribution in [2.75, 3.05) is 11.4 Å². The molecular weight excluding hydrogens is 310 g/mol. The van der Waals surface area contributed by atoms with Crippen LogP contribution < -0.4 is 4.90 Å². The number of nitrogens with zero attached hydrogens (tertiary/aromatic N) is 3. The Morgan fingerprint density at radius 1 is 1.33 bits per heavy atom. The van der Waals surface area contributed by atoms with E-state index in [1.807, 2.05) is 24.3 Å². The van der Waals surface area contributed by atoms with E-state index in [1.165, 1.54) is 5.56 Å². The number of hydrogen-bond acceptors (Lipinski definition) is 6. The zero-order valence-electron chi connectivity index (χ0n) is 13.7. The number of hydrogen-bond donors (Lipinski definition) is 0. The third-order valence-electron chi connectivity index (χ3n) is 4.02. The Balaban J connectivity index is 1.59. The predicted molar refractivity (Wildman–Crippen MR) is 85.1 cm³/mol. The van der Waals surface area contributed by atoms with Crippen LogP contribution in [-0.4, -0.2) is 28.6 Å². The van der Waals surface area contributed by atoms with Crippen LogP contribution in [0.4, 0.5) is 5.69 Å². The van der Waals surface area contributed by atoms with Crippen LogP contribution in [-0.2, 0) is 27.4 Å². The molecule has 0 saturated carbocycles. The molecule has 3 rings (SSSR count). The van der Waals surface area contributed by atoms with Gasteiger partial charge < -0.3 is 14.1 Å². The van der Waals surface area contributed by atoms with Crippen molar-refractivity contribution in [2.45, 2.75) is 33.3 Å². The van der Waals surface area contributed by atoms with Gasteiger partial charge >= 0.3 is 5.97 Å². The van der Waals surface area contributed by atoms with Crippen molar-refractivity contribution in [1.29, 1.82) is 0 Å². The fourth-order valence-corrected chi connectivity index (χ4v) is 2.67. The largest absolute Gasteiger partial charge is 0.455 e. The van der Waals surface area contributed by atoms with Gasteiger partial charge in [0.1, 0.15) is 0 Å². The number of carbonyl (C=O) groups is 2. The van der Waals surface area contributed by atoms with E-state index in [0.717, 1.165) is 12.1 Å². The summed E-state index contributed by atoms with van der Waals surface area (Å²) in [5.41, 5.74) is 2.01. The highest BCUT2D eigenvalue weighted by molar-refractivity contribution is 5.99. The van der Waals surface area contributed by atoms with Crippen LogP contribution in [0.5, 0.6) is 0 Å². The second-order valence-corrected chi connectivity index (χ2v) is 5.75. The van der Waals surface area contributed by atoms with Crippen LogP contribution >= 0.6 is 0 Å². The molecule has 1 fully saturated rings. The summed E-state index contributed by atoms with van der Waals surface area (Å²) in [4.78, 5) is 26.0. The first kappa shape index (κ1) is 16.2. The third kappa shape index (κ3) is 3.45. The van der Waals surface area contributed by atoms with Crippen molar-refractivity contribution in [3.8, 4) is 0 Å². The number of anilines is 1. The quantitative estimate of drug-likeness (QED) is 0.780. The minimum absolute atomic E-state index is 0.0738. The van der Waals surface area contributed by atoms with E-state index in [-0.39, 0.29) is 24.8 Å². The lowest BCUT2D eigenvalue weighted by Crippen LogP contribution is -2.26. The summed E-state index contributed by atoms with van der Waals surface area (Å²) >= 11 is 0. The van der Waals surface area contributed by atoms with Gasteiger partial charge in [0.25, 0.3) is 5.89 Å². The van der Waals surface area contributed by atoms with Crippen molar-refractivity contribution in [3.63, 3.8) is 0 Å². The van der Waals surface area contributed by atoms with Crippen molar-refractivity contribution in [2.24, 2.45) is 5.92 Å². The lowest BCUT2D eigenvalue weighted by molar-refractivity contribution is -0.150. The Kier molecular flexibility index (Phi) is 4.59. The molecule has 126 valence electrons. The van der Waals surface area contributed by atoms with Gasteiger partial charge in [-0.25, -0.2) is 0 Å². The second kappa shape index (κ2) is 6.82. The summed E-state index contributed by atoms with van der Waals surface area (Å²) in [6, 6.07) is 7.80. The van der Waals surface area contributed by atoms with Crippen LogP contribution in [0.3, 0.4) is 0 Å². The van der Waals surface area contributed by atoms with Crippen LogP contribution in [0.2, 0.25) is 0 Å². The Hall–Kier alpha value is -2.70. The van der Waals surface area contributed by atoms with Crippen molar-refractivity contribution < 1.29 is 18.7 Å². The number of benzene rings is 1. The van der Waals surface area contributed by atoms with E-state index < -0.39 is 11.9 Å². The standard InChI is InChI=1S/C17H19N3O4/c1-3-12-4-6-14(7-5-12)20-9-13(8-16(20)21)17(22)23-10-15-19-18-11(2)24-15/h4-7,13H,3,8-10H2,1-2H3/t13-/m1/s1. The lowest BCUT2D eigenvalue weighted by Gasteiger charge is -2.16. The van der Waals surface area contributed by atoms with Gasteiger partial charge in [-0.15, -0.1) is 10.2 Å². The summed E-state index contributed by atoms with van der Waals surface area (Å²) in [6.07, 6.45) is 1.09. The zero-order chi connectivity index (χ0) is 17.1. The normalized spacial score (nSPS) is 17.3. The molecular formula is C17H19N3O4. The first-order valence-electron chi connectivity index (χ1n) is 7.91. The molecule has 1 aromatic carbocycles. The van der Waals surface area contributed by atoms with Crippen molar-refractivity contribution >= 4 is 17.6 Å². The van der Waals surface area contributed by atoms with Crippen molar-refractivity contribution in [3.05, 3.63) is 41.6 Å². The monoisotopic (exact) mass is 329 g/mol. The first-order chi connectivity index (χ1) is 11.6. The first-order valence-corrected chi connectivity index (χ1v) is 7.91. The number of aryl methyl sites for hydroxylation is 2. The summed E-state index contributed by atoms with van der Waals surface area (Å²) < 4.78 is 10.3. The number of esters is 1. The highest BCUT2D eigenvalue weighted by Gasteiger charge is 2.36. The molecule has 1 aliphatic rings. The SMILES string of the molecule is CCc1ccc(N2C[C@H](C(=O)OCc3nnc(C)o3)CC2=O)cc1. The molecule has 0 bridgehead atoms. The topological polar surface area (TPSA) is 85.5 Å². The molecule has 0 unspecified atom stereocenters. The lowest BCUT2D eigenvalue weighted by atomic mass is 10.1. The number of amides is 1. The third-order valence-corrected chi connectivity index (χ3v) is 4.02. The molecule has 24 heavy (non-hydrogen) atoms. The van der Waals surface area contributed by atoms with Gasteiger partial charge in [0, 0.05) is 25.6 Å². The maximum Gasteiger partial charge on any atom is 0.311 e.